The number of carbonyl (C=O) groups is 1. The first-order chi connectivity index (χ1) is 7.75. The summed E-state index contributed by atoms with van der Waals surface area (Å²) in [6, 6.07) is 7.14. The number of aromatic nitrogens is 1. The number of nitrogens with zero attached hydrogens (tertiary/aromatic N) is 1. The molecule has 0 saturated heterocycles. The average molecular weight is 250 g/mol. The molecule has 0 radical (unpaired) electrons. The van der Waals surface area contributed by atoms with Crippen molar-refractivity contribution < 1.29 is 4.79 Å². The maximum Gasteiger partial charge on any atom is 0.251 e. The van der Waals surface area contributed by atoms with E-state index in [2.05, 4.69) is 22.9 Å². The summed E-state index contributed by atoms with van der Waals surface area (Å²) >= 11 is 5.71. The minimum atomic E-state index is -0.105. The zero-order chi connectivity index (χ0) is 11.4. The van der Waals surface area contributed by atoms with Crippen molar-refractivity contribution in [2.75, 3.05) is 0 Å². The lowest BCUT2D eigenvalue weighted by atomic mass is 10.2. The standard InChI is InChI=1S/C11H10N2OS2/c14-11(8-2-1-3-9(15)6-8)13-7-10-12-4-5-16-10/h1-6,15H,7H2,(H,13,14). The molecule has 82 valence electrons. The molecule has 1 N–H and O–H groups in total. The van der Waals surface area contributed by atoms with Gasteiger partial charge in [-0.25, -0.2) is 4.98 Å². The van der Waals surface area contributed by atoms with E-state index in [9.17, 15) is 4.79 Å². The molecule has 0 saturated carbocycles. The maximum atomic E-state index is 11.7. The molecule has 0 aliphatic heterocycles. The second kappa shape index (κ2) is 5.14. The summed E-state index contributed by atoms with van der Waals surface area (Å²) in [6.07, 6.45) is 1.72. The van der Waals surface area contributed by atoms with Gasteiger partial charge in [-0.2, -0.15) is 0 Å². The molecule has 0 bridgehead atoms. The van der Waals surface area contributed by atoms with E-state index in [0.29, 0.717) is 12.1 Å². The molecule has 0 spiro atoms. The summed E-state index contributed by atoms with van der Waals surface area (Å²) in [7, 11) is 0. The molecule has 5 heteroatoms. The highest BCUT2D eigenvalue weighted by atomic mass is 32.1. The van der Waals surface area contributed by atoms with Gasteiger partial charge >= 0.3 is 0 Å². The molecule has 1 aromatic carbocycles. The Balaban J connectivity index is 1.98. The molecular formula is C11H10N2OS2. The van der Waals surface area contributed by atoms with E-state index < -0.39 is 0 Å². The van der Waals surface area contributed by atoms with Crippen molar-refractivity contribution >= 4 is 29.9 Å². The van der Waals surface area contributed by atoms with Gasteiger partial charge in [-0.15, -0.1) is 24.0 Å². The Labute approximate surface area is 103 Å². The van der Waals surface area contributed by atoms with Gasteiger partial charge in [0.15, 0.2) is 0 Å². The lowest BCUT2D eigenvalue weighted by molar-refractivity contribution is 0.0950. The topological polar surface area (TPSA) is 42.0 Å². The largest absolute Gasteiger partial charge is 0.346 e. The smallest absolute Gasteiger partial charge is 0.251 e. The van der Waals surface area contributed by atoms with Gasteiger partial charge in [-0.1, -0.05) is 6.07 Å². The predicted octanol–water partition coefficient (Wildman–Crippen LogP) is 2.36. The van der Waals surface area contributed by atoms with Crippen LogP contribution >= 0.6 is 24.0 Å². The van der Waals surface area contributed by atoms with Crippen molar-refractivity contribution in [2.45, 2.75) is 11.4 Å². The van der Waals surface area contributed by atoms with Crippen molar-refractivity contribution in [1.29, 1.82) is 0 Å². The van der Waals surface area contributed by atoms with Crippen LogP contribution in [0.3, 0.4) is 0 Å². The van der Waals surface area contributed by atoms with E-state index in [1.54, 1.807) is 24.4 Å². The molecule has 1 heterocycles. The molecule has 1 amide bonds. The fraction of sp³-hybridized carbons (Fsp3) is 0.0909. The Hall–Kier alpha value is -1.33. The molecule has 3 nitrogen and oxygen atoms in total. The summed E-state index contributed by atoms with van der Waals surface area (Å²) in [6.45, 7) is 0.466. The van der Waals surface area contributed by atoms with Crippen LogP contribution in [0.4, 0.5) is 0 Å². The molecule has 0 atom stereocenters. The highest BCUT2D eigenvalue weighted by molar-refractivity contribution is 7.80. The van der Waals surface area contributed by atoms with Crippen molar-refractivity contribution in [3.63, 3.8) is 0 Å². The van der Waals surface area contributed by atoms with Crippen LogP contribution in [-0.2, 0) is 6.54 Å². The van der Waals surface area contributed by atoms with E-state index in [0.717, 1.165) is 9.90 Å². The average Bonchev–Trinajstić information content (AvgIpc) is 2.78. The molecule has 0 unspecified atom stereocenters. The summed E-state index contributed by atoms with van der Waals surface area (Å²) in [5.41, 5.74) is 0.615. The van der Waals surface area contributed by atoms with Crippen LogP contribution in [0, 0.1) is 0 Å². The van der Waals surface area contributed by atoms with Crippen LogP contribution in [0.15, 0.2) is 40.7 Å². The van der Waals surface area contributed by atoms with Gasteiger partial charge in [-0.3, -0.25) is 4.79 Å². The summed E-state index contributed by atoms with van der Waals surface area (Å²) in [5.74, 6) is -0.105. The Morgan fingerprint density at radius 1 is 1.50 bits per heavy atom. The highest BCUT2D eigenvalue weighted by Gasteiger charge is 2.05. The van der Waals surface area contributed by atoms with Crippen LogP contribution in [0.1, 0.15) is 15.4 Å². The van der Waals surface area contributed by atoms with Gasteiger partial charge < -0.3 is 5.32 Å². The van der Waals surface area contributed by atoms with Crippen LogP contribution < -0.4 is 5.32 Å². The van der Waals surface area contributed by atoms with E-state index >= 15 is 0 Å². The van der Waals surface area contributed by atoms with Crippen LogP contribution in [0.5, 0.6) is 0 Å². The molecule has 1 aromatic heterocycles. The Kier molecular flexibility index (Phi) is 3.58. The fourth-order valence-electron chi connectivity index (χ4n) is 1.25. The fourth-order valence-corrected chi connectivity index (χ4v) is 2.03. The normalized spacial score (nSPS) is 10.1. The lowest BCUT2D eigenvalue weighted by Crippen LogP contribution is -2.22. The summed E-state index contributed by atoms with van der Waals surface area (Å²) in [5, 5.41) is 5.59. The zero-order valence-corrected chi connectivity index (χ0v) is 10.1. The molecule has 2 rings (SSSR count). The van der Waals surface area contributed by atoms with Crippen LogP contribution in [0.2, 0.25) is 0 Å². The summed E-state index contributed by atoms with van der Waals surface area (Å²) < 4.78 is 0. The van der Waals surface area contributed by atoms with Crippen LogP contribution in [-0.4, -0.2) is 10.9 Å². The van der Waals surface area contributed by atoms with Crippen molar-refractivity contribution in [2.24, 2.45) is 0 Å². The number of hydrogen-bond acceptors (Lipinski definition) is 4. The quantitative estimate of drug-likeness (QED) is 0.821. The first-order valence-corrected chi connectivity index (χ1v) is 6.04. The third-order valence-corrected chi connectivity index (χ3v) is 3.05. The van der Waals surface area contributed by atoms with Gasteiger partial charge in [0.25, 0.3) is 5.91 Å². The lowest BCUT2D eigenvalue weighted by Gasteiger charge is -2.03. The number of thiazole rings is 1. The number of hydrogen-bond donors (Lipinski definition) is 2. The molecule has 0 aliphatic carbocycles. The number of amides is 1. The molecular weight excluding hydrogens is 240 g/mol. The second-order valence-electron chi connectivity index (χ2n) is 3.16. The molecule has 0 aliphatic rings. The number of nitrogens with one attached hydrogen (secondary N) is 1. The molecule has 0 fully saturated rings. The number of rotatable bonds is 3. The number of benzene rings is 1. The first kappa shape index (κ1) is 11.2. The highest BCUT2D eigenvalue weighted by Crippen LogP contribution is 2.09. The predicted molar refractivity (Wildman–Crippen MR) is 67.0 cm³/mol. The first-order valence-electron chi connectivity index (χ1n) is 4.71. The van der Waals surface area contributed by atoms with Gasteiger partial charge in [0, 0.05) is 22.0 Å². The third-order valence-electron chi connectivity index (χ3n) is 1.99. The minimum absolute atomic E-state index is 0.105. The van der Waals surface area contributed by atoms with Gasteiger partial charge in [0.1, 0.15) is 5.01 Å². The minimum Gasteiger partial charge on any atom is -0.346 e. The Bertz CT molecular complexity index is 482. The maximum absolute atomic E-state index is 11.7. The van der Waals surface area contributed by atoms with E-state index in [1.807, 2.05) is 11.4 Å². The van der Waals surface area contributed by atoms with Crippen molar-refractivity contribution in [3.8, 4) is 0 Å². The molecule has 2 aromatic rings. The zero-order valence-electron chi connectivity index (χ0n) is 8.38. The SMILES string of the molecule is O=C(NCc1nccs1)c1cccc(S)c1. The van der Waals surface area contributed by atoms with Crippen molar-refractivity contribution in [3.05, 3.63) is 46.4 Å². The van der Waals surface area contributed by atoms with E-state index in [-0.39, 0.29) is 5.91 Å². The number of carbonyl (C=O) groups excluding carboxylic acids is 1. The van der Waals surface area contributed by atoms with Gasteiger partial charge in [0.2, 0.25) is 0 Å². The van der Waals surface area contributed by atoms with Crippen LogP contribution in [0.25, 0.3) is 0 Å². The Morgan fingerprint density at radius 3 is 3.06 bits per heavy atom. The van der Waals surface area contributed by atoms with Gasteiger partial charge in [0.05, 0.1) is 6.54 Å². The Morgan fingerprint density at radius 2 is 2.38 bits per heavy atom. The number of thiol groups is 1. The third kappa shape index (κ3) is 2.84. The second-order valence-corrected chi connectivity index (χ2v) is 4.65. The summed E-state index contributed by atoms with van der Waals surface area (Å²) in [4.78, 5) is 16.6. The van der Waals surface area contributed by atoms with Crippen molar-refractivity contribution in [1.82, 2.24) is 10.3 Å². The molecule has 16 heavy (non-hydrogen) atoms. The van der Waals surface area contributed by atoms with Gasteiger partial charge in [-0.05, 0) is 18.2 Å². The monoisotopic (exact) mass is 250 g/mol. The van der Waals surface area contributed by atoms with E-state index in [4.69, 9.17) is 0 Å². The van der Waals surface area contributed by atoms with E-state index in [1.165, 1.54) is 11.3 Å².